The van der Waals surface area contributed by atoms with Crippen molar-refractivity contribution in [1.29, 1.82) is 0 Å². The zero-order valence-corrected chi connectivity index (χ0v) is 13.6. The van der Waals surface area contributed by atoms with Gasteiger partial charge in [-0.05, 0) is 17.5 Å². The van der Waals surface area contributed by atoms with E-state index < -0.39 is 0 Å². The van der Waals surface area contributed by atoms with Crippen LogP contribution < -0.4 is 11.1 Å². The molecule has 0 aliphatic carbocycles. The number of carbonyl (C=O) groups excluding carboxylic acids is 1. The van der Waals surface area contributed by atoms with Crippen molar-refractivity contribution in [2.24, 2.45) is 11.7 Å². The van der Waals surface area contributed by atoms with Crippen LogP contribution in [0.1, 0.15) is 24.1 Å². The fraction of sp³-hybridized carbons (Fsp3) is 0.278. The maximum absolute atomic E-state index is 12.2. The smallest absolute Gasteiger partial charge is 0.224 e. The van der Waals surface area contributed by atoms with E-state index in [9.17, 15) is 4.79 Å². The molecule has 0 spiro atoms. The first kappa shape index (κ1) is 18.2. The number of halogens is 1. The molecular formula is C18H23ClN2O. The van der Waals surface area contributed by atoms with Crippen LogP contribution in [0.4, 0.5) is 0 Å². The van der Waals surface area contributed by atoms with Crippen LogP contribution in [0.15, 0.2) is 60.7 Å². The van der Waals surface area contributed by atoms with Crippen LogP contribution in [0, 0.1) is 5.92 Å². The third-order valence-corrected chi connectivity index (χ3v) is 3.60. The van der Waals surface area contributed by atoms with Crippen molar-refractivity contribution >= 4 is 18.3 Å². The van der Waals surface area contributed by atoms with Gasteiger partial charge in [0.1, 0.15) is 0 Å². The number of carbonyl (C=O) groups is 1. The largest absolute Gasteiger partial charge is 0.349 e. The van der Waals surface area contributed by atoms with E-state index in [0.717, 1.165) is 12.0 Å². The van der Waals surface area contributed by atoms with Crippen molar-refractivity contribution in [3.05, 3.63) is 71.8 Å². The van der Waals surface area contributed by atoms with Crippen LogP contribution in [0.25, 0.3) is 0 Å². The average Bonchev–Trinajstić information content (AvgIpc) is 2.55. The van der Waals surface area contributed by atoms with E-state index in [0.29, 0.717) is 6.54 Å². The molecule has 2 aromatic carbocycles. The van der Waals surface area contributed by atoms with Gasteiger partial charge in [-0.3, -0.25) is 4.79 Å². The minimum absolute atomic E-state index is 0. The second kappa shape index (κ2) is 9.23. The minimum atomic E-state index is -0.174. The van der Waals surface area contributed by atoms with Crippen molar-refractivity contribution in [3.63, 3.8) is 0 Å². The lowest BCUT2D eigenvalue weighted by molar-refractivity contribution is -0.125. The van der Waals surface area contributed by atoms with Crippen molar-refractivity contribution in [2.45, 2.75) is 19.4 Å². The molecule has 1 amide bonds. The average molecular weight is 319 g/mol. The van der Waals surface area contributed by atoms with Gasteiger partial charge in [0.25, 0.3) is 0 Å². The Hall–Kier alpha value is -1.84. The highest BCUT2D eigenvalue weighted by atomic mass is 35.5. The van der Waals surface area contributed by atoms with E-state index in [1.54, 1.807) is 0 Å². The molecule has 0 radical (unpaired) electrons. The summed E-state index contributed by atoms with van der Waals surface area (Å²) in [6.45, 7) is 2.21. The summed E-state index contributed by atoms with van der Waals surface area (Å²) in [7, 11) is 0. The Labute approximate surface area is 138 Å². The molecule has 0 aliphatic rings. The number of hydrogen-bond donors (Lipinski definition) is 2. The quantitative estimate of drug-likeness (QED) is 0.860. The lowest BCUT2D eigenvalue weighted by Gasteiger charge is -2.21. The molecule has 0 heterocycles. The number of benzene rings is 2. The van der Waals surface area contributed by atoms with Gasteiger partial charge in [0.15, 0.2) is 0 Å². The molecule has 3 N–H and O–H groups in total. The number of amides is 1. The van der Waals surface area contributed by atoms with Gasteiger partial charge < -0.3 is 11.1 Å². The van der Waals surface area contributed by atoms with E-state index in [-0.39, 0.29) is 30.3 Å². The van der Waals surface area contributed by atoms with Crippen molar-refractivity contribution in [2.75, 3.05) is 6.54 Å². The van der Waals surface area contributed by atoms with Crippen LogP contribution in [-0.4, -0.2) is 12.5 Å². The van der Waals surface area contributed by atoms with Gasteiger partial charge in [0, 0.05) is 12.5 Å². The summed E-state index contributed by atoms with van der Waals surface area (Å²) in [4.78, 5) is 12.2. The molecule has 22 heavy (non-hydrogen) atoms. The lowest BCUT2D eigenvalue weighted by Crippen LogP contribution is -2.36. The fourth-order valence-electron chi connectivity index (χ4n) is 2.21. The van der Waals surface area contributed by atoms with Gasteiger partial charge >= 0.3 is 0 Å². The Bertz CT molecular complexity index is 560. The first-order valence-electron chi connectivity index (χ1n) is 7.30. The standard InChI is InChI=1S/C18H22N2O.ClH/c1-14(13-19)18(21)20-17(16-10-6-3-7-11-16)12-15-8-4-2-5-9-15;/h2-11,14,17H,12-13,19H2,1H3,(H,20,21);1H. The number of nitrogens with two attached hydrogens (primary N) is 1. The Morgan fingerprint density at radius 2 is 1.59 bits per heavy atom. The summed E-state index contributed by atoms with van der Waals surface area (Å²) in [6.07, 6.45) is 0.772. The van der Waals surface area contributed by atoms with E-state index in [2.05, 4.69) is 17.4 Å². The maximum atomic E-state index is 12.2. The Morgan fingerprint density at radius 3 is 2.14 bits per heavy atom. The molecule has 118 valence electrons. The Morgan fingerprint density at radius 1 is 1.05 bits per heavy atom. The van der Waals surface area contributed by atoms with Crippen molar-refractivity contribution < 1.29 is 4.79 Å². The monoisotopic (exact) mass is 318 g/mol. The molecule has 0 aromatic heterocycles. The summed E-state index contributed by atoms with van der Waals surface area (Å²) < 4.78 is 0. The molecule has 3 nitrogen and oxygen atoms in total. The summed E-state index contributed by atoms with van der Waals surface area (Å²) in [5.74, 6) is -0.172. The molecule has 2 rings (SSSR count). The summed E-state index contributed by atoms with van der Waals surface area (Å²) in [6, 6.07) is 20.2. The molecule has 0 bridgehead atoms. The SMILES string of the molecule is CC(CN)C(=O)NC(Cc1ccccc1)c1ccccc1.Cl. The van der Waals surface area contributed by atoms with Gasteiger partial charge in [-0.1, -0.05) is 67.6 Å². The van der Waals surface area contributed by atoms with Gasteiger partial charge in [0.2, 0.25) is 5.91 Å². The topological polar surface area (TPSA) is 55.1 Å². The maximum Gasteiger partial charge on any atom is 0.224 e. The zero-order chi connectivity index (χ0) is 15.1. The second-order valence-corrected chi connectivity index (χ2v) is 5.30. The fourth-order valence-corrected chi connectivity index (χ4v) is 2.21. The summed E-state index contributed by atoms with van der Waals surface area (Å²) in [5, 5.41) is 3.11. The molecule has 0 aliphatic heterocycles. The van der Waals surface area contributed by atoms with Gasteiger partial charge in [-0.15, -0.1) is 12.4 Å². The zero-order valence-electron chi connectivity index (χ0n) is 12.7. The molecule has 4 heteroatoms. The molecule has 2 aromatic rings. The third-order valence-electron chi connectivity index (χ3n) is 3.60. The second-order valence-electron chi connectivity index (χ2n) is 5.30. The summed E-state index contributed by atoms with van der Waals surface area (Å²) in [5.41, 5.74) is 7.89. The van der Waals surface area contributed by atoms with Crippen LogP contribution >= 0.6 is 12.4 Å². The third kappa shape index (κ3) is 5.17. The molecule has 0 saturated carbocycles. The van der Waals surface area contributed by atoms with Gasteiger partial charge in [-0.2, -0.15) is 0 Å². The summed E-state index contributed by atoms with van der Waals surface area (Å²) >= 11 is 0. The van der Waals surface area contributed by atoms with Crippen LogP contribution in [-0.2, 0) is 11.2 Å². The highest BCUT2D eigenvalue weighted by Crippen LogP contribution is 2.18. The number of hydrogen-bond acceptors (Lipinski definition) is 2. The Kier molecular flexibility index (Phi) is 7.64. The van der Waals surface area contributed by atoms with E-state index >= 15 is 0 Å². The molecule has 2 unspecified atom stereocenters. The first-order valence-corrected chi connectivity index (χ1v) is 7.30. The van der Waals surface area contributed by atoms with E-state index in [4.69, 9.17) is 5.73 Å². The van der Waals surface area contributed by atoms with Crippen LogP contribution in [0.5, 0.6) is 0 Å². The molecule has 2 atom stereocenters. The van der Waals surface area contributed by atoms with E-state index in [1.807, 2.05) is 55.5 Å². The molecular weight excluding hydrogens is 296 g/mol. The number of rotatable bonds is 6. The predicted molar refractivity (Wildman–Crippen MR) is 92.9 cm³/mol. The van der Waals surface area contributed by atoms with Crippen molar-refractivity contribution in [3.8, 4) is 0 Å². The van der Waals surface area contributed by atoms with Gasteiger partial charge in [0.05, 0.1) is 6.04 Å². The normalized spacial score (nSPS) is 12.8. The number of nitrogens with one attached hydrogen (secondary N) is 1. The van der Waals surface area contributed by atoms with Crippen LogP contribution in [0.3, 0.4) is 0 Å². The minimum Gasteiger partial charge on any atom is -0.349 e. The molecule has 0 fully saturated rings. The predicted octanol–water partition coefficient (Wildman–Crippen LogP) is 3.10. The van der Waals surface area contributed by atoms with Crippen LogP contribution in [0.2, 0.25) is 0 Å². The highest BCUT2D eigenvalue weighted by molar-refractivity contribution is 5.85. The van der Waals surface area contributed by atoms with E-state index in [1.165, 1.54) is 5.56 Å². The lowest BCUT2D eigenvalue weighted by atomic mass is 9.98. The van der Waals surface area contributed by atoms with Crippen molar-refractivity contribution in [1.82, 2.24) is 5.32 Å². The first-order chi connectivity index (χ1) is 10.2. The molecule has 0 saturated heterocycles. The Balaban J connectivity index is 0.00000242. The van der Waals surface area contributed by atoms with Gasteiger partial charge in [-0.25, -0.2) is 0 Å². The highest BCUT2D eigenvalue weighted by Gasteiger charge is 2.18.